The van der Waals surface area contributed by atoms with Crippen LogP contribution in [0.1, 0.15) is 0 Å². The van der Waals surface area contributed by atoms with Crippen molar-refractivity contribution < 1.29 is 8.83 Å². The Morgan fingerprint density at radius 3 is 1.75 bits per heavy atom. The first-order chi connectivity index (χ1) is 25.8. The van der Waals surface area contributed by atoms with E-state index in [4.69, 9.17) is 8.83 Å². The maximum Gasteiger partial charge on any atom is 0.143 e. The first-order valence-electron chi connectivity index (χ1n) is 17.6. The second-order valence-corrected chi connectivity index (χ2v) is 13.3. The number of hydrogen-bond donors (Lipinski definition) is 0. The van der Waals surface area contributed by atoms with Crippen molar-refractivity contribution in [3.8, 4) is 16.8 Å². The van der Waals surface area contributed by atoms with Crippen molar-refractivity contribution in [1.82, 2.24) is 4.57 Å². The lowest BCUT2D eigenvalue weighted by atomic mass is 10.0. The van der Waals surface area contributed by atoms with Crippen LogP contribution in [0.5, 0.6) is 0 Å². The van der Waals surface area contributed by atoms with Crippen molar-refractivity contribution in [3.05, 3.63) is 182 Å². The van der Waals surface area contributed by atoms with Crippen molar-refractivity contribution in [2.24, 2.45) is 0 Å². The molecule has 244 valence electrons. The highest BCUT2D eigenvalue weighted by atomic mass is 16.3. The monoisotopic (exact) mass is 666 g/mol. The molecule has 0 saturated heterocycles. The van der Waals surface area contributed by atoms with E-state index in [1.54, 1.807) is 0 Å². The lowest BCUT2D eigenvalue weighted by Gasteiger charge is -2.26. The molecule has 0 aliphatic rings. The van der Waals surface area contributed by atoms with Gasteiger partial charge in [0.05, 0.1) is 11.0 Å². The van der Waals surface area contributed by atoms with Crippen molar-refractivity contribution in [2.45, 2.75) is 0 Å². The van der Waals surface area contributed by atoms with Gasteiger partial charge in [-0.15, -0.1) is 0 Å². The molecule has 0 unspecified atom stereocenters. The van der Waals surface area contributed by atoms with Crippen LogP contribution in [-0.2, 0) is 0 Å². The minimum Gasteiger partial charge on any atom is -0.456 e. The number of hydrogen-bond acceptors (Lipinski definition) is 3. The van der Waals surface area contributed by atoms with Gasteiger partial charge in [0.25, 0.3) is 0 Å². The van der Waals surface area contributed by atoms with Crippen LogP contribution in [0.3, 0.4) is 0 Å². The normalized spacial score (nSPS) is 11.8. The molecule has 0 amide bonds. The number of para-hydroxylation sites is 5. The molecule has 0 spiro atoms. The molecule has 11 rings (SSSR count). The molecule has 0 saturated carbocycles. The summed E-state index contributed by atoms with van der Waals surface area (Å²) in [5.41, 5.74) is 12.3. The third-order valence-electron chi connectivity index (χ3n) is 10.4. The number of anilines is 3. The van der Waals surface area contributed by atoms with Gasteiger partial charge in [0.1, 0.15) is 22.3 Å². The van der Waals surface area contributed by atoms with Crippen molar-refractivity contribution in [1.29, 1.82) is 0 Å². The number of benzene rings is 8. The van der Waals surface area contributed by atoms with Crippen LogP contribution in [0.4, 0.5) is 17.1 Å². The number of nitrogens with zero attached hydrogens (tertiary/aromatic N) is 2. The molecule has 0 bridgehead atoms. The summed E-state index contributed by atoms with van der Waals surface area (Å²) in [7, 11) is 0. The number of rotatable bonds is 5. The first kappa shape index (κ1) is 28.8. The van der Waals surface area contributed by atoms with Crippen LogP contribution < -0.4 is 4.90 Å². The third-order valence-corrected chi connectivity index (χ3v) is 10.4. The van der Waals surface area contributed by atoms with E-state index >= 15 is 0 Å². The largest absolute Gasteiger partial charge is 0.456 e. The Bertz CT molecular complexity index is 3130. The molecule has 0 aliphatic heterocycles. The maximum atomic E-state index is 6.41. The summed E-state index contributed by atoms with van der Waals surface area (Å²) in [5.74, 6) is 0. The van der Waals surface area contributed by atoms with E-state index in [2.05, 4.69) is 167 Å². The van der Waals surface area contributed by atoms with Gasteiger partial charge < -0.3 is 18.3 Å². The van der Waals surface area contributed by atoms with Crippen LogP contribution in [0.25, 0.3) is 82.5 Å². The minimum atomic E-state index is 0.858. The summed E-state index contributed by atoms with van der Waals surface area (Å²) in [6.45, 7) is 0. The number of aromatic nitrogens is 1. The van der Waals surface area contributed by atoms with Crippen molar-refractivity contribution in [2.75, 3.05) is 4.90 Å². The van der Waals surface area contributed by atoms with E-state index in [1.807, 2.05) is 24.3 Å². The quantitative estimate of drug-likeness (QED) is 0.183. The van der Waals surface area contributed by atoms with E-state index < -0.39 is 0 Å². The van der Waals surface area contributed by atoms with Gasteiger partial charge in [-0.2, -0.15) is 0 Å². The van der Waals surface area contributed by atoms with Crippen LogP contribution in [0.2, 0.25) is 0 Å². The van der Waals surface area contributed by atoms with E-state index in [-0.39, 0.29) is 0 Å². The van der Waals surface area contributed by atoms with Crippen LogP contribution in [0, 0.1) is 0 Å². The Balaban J connectivity index is 1.11. The Hall–Kier alpha value is -7.04. The zero-order valence-electron chi connectivity index (χ0n) is 28.0. The second kappa shape index (κ2) is 11.2. The van der Waals surface area contributed by atoms with Gasteiger partial charge in [0, 0.05) is 66.7 Å². The predicted molar refractivity (Wildman–Crippen MR) is 215 cm³/mol. The molecule has 0 aliphatic carbocycles. The Morgan fingerprint density at radius 2 is 0.942 bits per heavy atom. The lowest BCUT2D eigenvalue weighted by molar-refractivity contribution is 0.669. The van der Waals surface area contributed by atoms with E-state index in [9.17, 15) is 0 Å². The third kappa shape index (κ3) is 4.34. The molecule has 4 heteroatoms. The molecule has 0 atom stereocenters. The van der Waals surface area contributed by atoms with Gasteiger partial charge in [0.2, 0.25) is 0 Å². The zero-order valence-corrected chi connectivity index (χ0v) is 28.0. The van der Waals surface area contributed by atoms with Gasteiger partial charge in [-0.1, -0.05) is 109 Å². The predicted octanol–water partition coefficient (Wildman–Crippen LogP) is 13.7. The van der Waals surface area contributed by atoms with Gasteiger partial charge in [-0.25, -0.2) is 0 Å². The van der Waals surface area contributed by atoms with Gasteiger partial charge in [-0.3, -0.25) is 0 Å². The summed E-state index contributed by atoms with van der Waals surface area (Å²) in [4.78, 5) is 2.32. The van der Waals surface area contributed by atoms with Gasteiger partial charge >= 0.3 is 0 Å². The summed E-state index contributed by atoms with van der Waals surface area (Å²) < 4.78 is 15.2. The molecule has 8 aromatic carbocycles. The lowest BCUT2D eigenvalue weighted by Crippen LogP contribution is -2.10. The van der Waals surface area contributed by atoms with E-state index in [0.29, 0.717) is 0 Å². The highest BCUT2D eigenvalue weighted by molar-refractivity contribution is 6.12. The molecule has 11 aromatic rings. The molecule has 4 nitrogen and oxygen atoms in total. The minimum absolute atomic E-state index is 0.858. The smallest absolute Gasteiger partial charge is 0.143 e. The molecule has 0 N–H and O–H groups in total. The average molecular weight is 667 g/mol. The molecule has 0 fully saturated rings. The Labute approximate surface area is 299 Å². The maximum absolute atomic E-state index is 6.41. The SMILES string of the molecule is c1ccc(-n2c3ccccc3c3ccc(N(c4ccc(-c5cccc6c5oc5ccccc56)cc4)c4ccc5c(c4)oc4ccccc45)cc32)cc1. The second-order valence-electron chi connectivity index (χ2n) is 13.3. The Morgan fingerprint density at radius 1 is 0.365 bits per heavy atom. The van der Waals surface area contributed by atoms with E-state index in [1.165, 1.54) is 16.3 Å². The zero-order chi connectivity index (χ0) is 34.2. The van der Waals surface area contributed by atoms with Crippen LogP contribution in [-0.4, -0.2) is 4.57 Å². The molecular formula is C48H30N2O2. The topological polar surface area (TPSA) is 34.5 Å². The van der Waals surface area contributed by atoms with Crippen molar-refractivity contribution >= 4 is 82.7 Å². The van der Waals surface area contributed by atoms with Crippen LogP contribution >= 0.6 is 0 Å². The standard InChI is InChI=1S/C48H30N2O2/c1-2-11-32(12-3-1)50-43-18-7-4-13-37(43)38-27-25-34(29-44(38)50)49(35-26-28-41-39-14-5-8-19-45(39)51-47(41)30-35)33-23-21-31(22-24-33)36-16-10-17-42-40-15-6-9-20-46(40)52-48(36)42/h1-30H. The fraction of sp³-hybridized carbons (Fsp3) is 0. The Kier molecular flexibility index (Phi) is 6.22. The van der Waals surface area contributed by atoms with Crippen molar-refractivity contribution in [3.63, 3.8) is 0 Å². The number of furan rings is 2. The van der Waals surface area contributed by atoms with E-state index in [0.717, 1.165) is 83.3 Å². The van der Waals surface area contributed by atoms with Gasteiger partial charge in [-0.05, 0) is 72.3 Å². The highest BCUT2D eigenvalue weighted by Crippen LogP contribution is 2.43. The summed E-state index contributed by atoms with van der Waals surface area (Å²) in [5, 5.41) is 6.92. The van der Waals surface area contributed by atoms with Crippen LogP contribution in [0.15, 0.2) is 191 Å². The number of fused-ring (bicyclic) bond motifs is 9. The molecule has 3 aromatic heterocycles. The molecular weight excluding hydrogens is 637 g/mol. The fourth-order valence-electron chi connectivity index (χ4n) is 8.02. The molecule has 52 heavy (non-hydrogen) atoms. The highest BCUT2D eigenvalue weighted by Gasteiger charge is 2.20. The summed E-state index contributed by atoms with van der Waals surface area (Å²) in [6, 6.07) is 64.3. The molecule has 0 radical (unpaired) electrons. The molecule has 3 heterocycles. The fourth-order valence-corrected chi connectivity index (χ4v) is 8.02. The van der Waals surface area contributed by atoms with Gasteiger partial charge in [0.15, 0.2) is 0 Å². The first-order valence-corrected chi connectivity index (χ1v) is 17.6. The summed E-state index contributed by atoms with van der Waals surface area (Å²) in [6.07, 6.45) is 0. The summed E-state index contributed by atoms with van der Waals surface area (Å²) >= 11 is 0. The average Bonchev–Trinajstić information content (AvgIpc) is 3.88.